The summed E-state index contributed by atoms with van der Waals surface area (Å²) in [6.07, 6.45) is 3.35. The molecule has 5 aromatic rings. The Morgan fingerprint density at radius 3 is 2.56 bits per heavy atom. The molecule has 0 atom stereocenters. The number of hydrogen-bond acceptors (Lipinski definition) is 4. The SMILES string of the molecule is O=c1[nH]c(-n2cccn2)nc2ccc(Oc3ccc4ccccc4c3)cc12. The number of H-pyrrole nitrogens is 1. The molecule has 0 spiro atoms. The van der Waals surface area contributed by atoms with Crippen molar-refractivity contribution in [1.29, 1.82) is 0 Å². The van der Waals surface area contributed by atoms with Gasteiger partial charge in [0.25, 0.3) is 5.56 Å². The molecule has 6 nitrogen and oxygen atoms in total. The minimum absolute atomic E-state index is 0.241. The van der Waals surface area contributed by atoms with Gasteiger partial charge in [-0.15, -0.1) is 0 Å². The van der Waals surface area contributed by atoms with Gasteiger partial charge in [0.2, 0.25) is 5.95 Å². The van der Waals surface area contributed by atoms with Crippen LogP contribution in [0.4, 0.5) is 0 Å². The lowest BCUT2D eigenvalue weighted by atomic mass is 10.1. The Bertz CT molecular complexity index is 1320. The highest BCUT2D eigenvalue weighted by atomic mass is 16.5. The topological polar surface area (TPSA) is 72.8 Å². The van der Waals surface area contributed by atoms with Crippen molar-refractivity contribution >= 4 is 21.7 Å². The van der Waals surface area contributed by atoms with E-state index in [4.69, 9.17) is 4.74 Å². The van der Waals surface area contributed by atoms with Crippen molar-refractivity contribution < 1.29 is 4.74 Å². The van der Waals surface area contributed by atoms with Crippen LogP contribution < -0.4 is 10.3 Å². The Morgan fingerprint density at radius 1 is 0.889 bits per heavy atom. The van der Waals surface area contributed by atoms with Gasteiger partial charge in [-0.1, -0.05) is 30.3 Å². The second kappa shape index (κ2) is 6.10. The fraction of sp³-hybridized carbons (Fsp3) is 0. The number of nitrogens with zero attached hydrogens (tertiary/aromatic N) is 3. The molecule has 0 aliphatic heterocycles. The maximum absolute atomic E-state index is 12.5. The van der Waals surface area contributed by atoms with Crippen molar-refractivity contribution in [3.63, 3.8) is 0 Å². The third-order valence-electron chi connectivity index (χ3n) is 4.34. The molecule has 1 N–H and O–H groups in total. The van der Waals surface area contributed by atoms with Crippen LogP contribution in [0.15, 0.2) is 83.9 Å². The van der Waals surface area contributed by atoms with Gasteiger partial charge in [-0.3, -0.25) is 9.78 Å². The van der Waals surface area contributed by atoms with Gasteiger partial charge in [-0.25, -0.2) is 9.67 Å². The van der Waals surface area contributed by atoms with Gasteiger partial charge in [-0.2, -0.15) is 5.10 Å². The molecule has 2 heterocycles. The lowest BCUT2D eigenvalue weighted by Crippen LogP contribution is -2.13. The molecule has 0 fully saturated rings. The number of nitrogens with one attached hydrogen (secondary N) is 1. The Kier molecular flexibility index (Phi) is 3.47. The van der Waals surface area contributed by atoms with Crippen LogP contribution >= 0.6 is 0 Å². The molecular weight excluding hydrogens is 340 g/mol. The molecule has 27 heavy (non-hydrogen) atoms. The molecule has 0 amide bonds. The zero-order chi connectivity index (χ0) is 18.2. The number of rotatable bonds is 3. The van der Waals surface area contributed by atoms with Gasteiger partial charge in [0.1, 0.15) is 11.5 Å². The normalized spacial score (nSPS) is 11.1. The first-order valence-electron chi connectivity index (χ1n) is 8.47. The van der Waals surface area contributed by atoms with Crippen LogP contribution in [-0.4, -0.2) is 19.7 Å². The van der Waals surface area contributed by atoms with E-state index in [9.17, 15) is 4.79 Å². The van der Waals surface area contributed by atoms with Crippen molar-refractivity contribution in [2.24, 2.45) is 0 Å². The van der Waals surface area contributed by atoms with E-state index >= 15 is 0 Å². The first kappa shape index (κ1) is 15.3. The lowest BCUT2D eigenvalue weighted by molar-refractivity contribution is 0.484. The molecule has 0 saturated heterocycles. The molecule has 5 rings (SSSR count). The summed E-state index contributed by atoms with van der Waals surface area (Å²) in [5.41, 5.74) is 0.338. The highest BCUT2D eigenvalue weighted by Crippen LogP contribution is 2.27. The minimum atomic E-state index is -0.241. The third-order valence-corrected chi connectivity index (χ3v) is 4.34. The van der Waals surface area contributed by atoms with Gasteiger partial charge in [0.15, 0.2) is 0 Å². The van der Waals surface area contributed by atoms with Gasteiger partial charge in [-0.05, 0) is 47.2 Å². The average molecular weight is 354 g/mol. The van der Waals surface area contributed by atoms with E-state index in [1.807, 2.05) is 36.4 Å². The summed E-state index contributed by atoms with van der Waals surface area (Å²) in [6, 6.07) is 21.0. The maximum Gasteiger partial charge on any atom is 0.260 e. The van der Waals surface area contributed by atoms with Crippen LogP contribution in [0.2, 0.25) is 0 Å². The predicted octanol–water partition coefficient (Wildman–Crippen LogP) is 4.05. The smallest absolute Gasteiger partial charge is 0.260 e. The minimum Gasteiger partial charge on any atom is -0.457 e. The molecule has 0 aliphatic carbocycles. The lowest BCUT2D eigenvalue weighted by Gasteiger charge is -2.08. The molecule has 130 valence electrons. The summed E-state index contributed by atoms with van der Waals surface area (Å²) in [5, 5.41) is 6.80. The van der Waals surface area contributed by atoms with Gasteiger partial charge >= 0.3 is 0 Å². The molecule has 0 unspecified atom stereocenters. The number of fused-ring (bicyclic) bond motifs is 2. The number of benzene rings is 3. The highest BCUT2D eigenvalue weighted by Gasteiger charge is 2.08. The van der Waals surface area contributed by atoms with Crippen LogP contribution in [0.3, 0.4) is 0 Å². The van der Waals surface area contributed by atoms with Gasteiger partial charge in [0.05, 0.1) is 10.9 Å². The van der Waals surface area contributed by atoms with Crippen LogP contribution in [-0.2, 0) is 0 Å². The van der Waals surface area contributed by atoms with E-state index < -0.39 is 0 Å². The average Bonchev–Trinajstić information content (AvgIpc) is 3.23. The fourth-order valence-corrected chi connectivity index (χ4v) is 3.04. The van der Waals surface area contributed by atoms with E-state index in [1.165, 1.54) is 4.68 Å². The summed E-state index contributed by atoms with van der Waals surface area (Å²) in [6.45, 7) is 0. The van der Waals surface area contributed by atoms with E-state index in [0.717, 1.165) is 10.8 Å². The predicted molar refractivity (Wildman–Crippen MR) is 104 cm³/mol. The van der Waals surface area contributed by atoms with Gasteiger partial charge in [0, 0.05) is 12.4 Å². The fourth-order valence-electron chi connectivity index (χ4n) is 3.04. The number of ether oxygens (including phenoxy) is 1. The first-order valence-corrected chi connectivity index (χ1v) is 8.47. The van der Waals surface area contributed by atoms with Crippen molar-refractivity contribution in [2.45, 2.75) is 0 Å². The van der Waals surface area contributed by atoms with Crippen molar-refractivity contribution in [3.8, 4) is 17.4 Å². The molecule has 0 bridgehead atoms. The monoisotopic (exact) mass is 354 g/mol. The molecule has 6 heteroatoms. The standard InChI is InChI=1S/C21H14N4O2/c26-20-18-13-17(27-16-7-6-14-4-1-2-5-15(14)12-16)8-9-19(18)23-21(24-20)25-11-3-10-22-25/h1-13H,(H,23,24,26). The van der Waals surface area contributed by atoms with E-state index in [0.29, 0.717) is 28.4 Å². The van der Waals surface area contributed by atoms with Crippen molar-refractivity contribution in [2.75, 3.05) is 0 Å². The van der Waals surface area contributed by atoms with Crippen LogP contribution in [0, 0.1) is 0 Å². The summed E-state index contributed by atoms with van der Waals surface area (Å²) < 4.78 is 7.47. The summed E-state index contributed by atoms with van der Waals surface area (Å²) in [7, 11) is 0. The summed E-state index contributed by atoms with van der Waals surface area (Å²) >= 11 is 0. The summed E-state index contributed by atoms with van der Waals surface area (Å²) in [5.74, 6) is 1.67. The second-order valence-corrected chi connectivity index (χ2v) is 6.13. The third kappa shape index (κ3) is 2.83. The van der Waals surface area contributed by atoms with Crippen LogP contribution in [0.5, 0.6) is 11.5 Å². The molecule has 0 radical (unpaired) electrons. The van der Waals surface area contributed by atoms with E-state index in [-0.39, 0.29) is 5.56 Å². The van der Waals surface area contributed by atoms with Gasteiger partial charge < -0.3 is 4.74 Å². The van der Waals surface area contributed by atoms with Crippen molar-refractivity contribution in [1.82, 2.24) is 19.7 Å². The van der Waals surface area contributed by atoms with E-state index in [2.05, 4.69) is 21.1 Å². The quantitative estimate of drug-likeness (QED) is 0.530. The second-order valence-electron chi connectivity index (χ2n) is 6.13. The summed E-state index contributed by atoms with van der Waals surface area (Å²) in [4.78, 5) is 19.7. The number of hydrogen-bond donors (Lipinski definition) is 1. The Morgan fingerprint density at radius 2 is 1.70 bits per heavy atom. The molecule has 2 aromatic heterocycles. The molecular formula is C21H14N4O2. The Hall–Kier alpha value is -3.93. The van der Waals surface area contributed by atoms with E-state index in [1.54, 1.807) is 36.7 Å². The maximum atomic E-state index is 12.5. The zero-order valence-electron chi connectivity index (χ0n) is 14.2. The van der Waals surface area contributed by atoms with Crippen LogP contribution in [0.1, 0.15) is 0 Å². The van der Waals surface area contributed by atoms with Crippen LogP contribution in [0.25, 0.3) is 27.6 Å². The first-order chi connectivity index (χ1) is 13.3. The number of aromatic nitrogens is 4. The van der Waals surface area contributed by atoms with Crippen molar-refractivity contribution in [3.05, 3.63) is 89.5 Å². The molecule has 3 aromatic carbocycles. The molecule has 0 saturated carbocycles. The highest BCUT2D eigenvalue weighted by molar-refractivity contribution is 5.84. The Labute approximate surface area is 153 Å². The largest absolute Gasteiger partial charge is 0.457 e. The zero-order valence-corrected chi connectivity index (χ0v) is 14.2. The molecule has 0 aliphatic rings. The Balaban J connectivity index is 1.53. The number of aromatic amines is 1.